The summed E-state index contributed by atoms with van der Waals surface area (Å²) in [7, 11) is -0.937. The molecule has 5 heterocycles. The Kier molecular flexibility index (Phi) is 7.76. The van der Waals surface area contributed by atoms with Gasteiger partial charge in [0.2, 0.25) is 10.0 Å². The standard InChI is InChI=1S/C38H34F3N5O4S/c1-20-8-10-24(29(41)12-20)37-35(38(47)42-2)27-14-26(32(16-34(27)50-37)44(3)51(4,48)49)30-11-9-21-13-23(19-45-17-22(39)18-45)46-31-7-5-6-28(40)25(31)15-33(46)36(21)43-30/h5-12,14-16,22-23H,13,17-19H2,1-4H3,(H,42,47). The number of nitrogens with one attached hydrogen (secondary N) is 1. The van der Waals surface area contributed by atoms with Gasteiger partial charge in [0, 0.05) is 56.1 Å². The fourth-order valence-electron chi connectivity index (χ4n) is 7.38. The van der Waals surface area contributed by atoms with Crippen LogP contribution < -0.4 is 9.62 Å². The molecule has 13 heteroatoms. The van der Waals surface area contributed by atoms with Gasteiger partial charge in [-0.15, -0.1) is 0 Å². The molecule has 0 saturated carbocycles. The van der Waals surface area contributed by atoms with E-state index in [4.69, 9.17) is 9.40 Å². The molecule has 1 atom stereocenters. The number of aromatic nitrogens is 2. The minimum Gasteiger partial charge on any atom is -0.455 e. The van der Waals surface area contributed by atoms with E-state index in [9.17, 15) is 17.6 Å². The predicted octanol–water partition coefficient (Wildman–Crippen LogP) is 6.88. The van der Waals surface area contributed by atoms with Crippen LogP contribution in [0.25, 0.3) is 55.8 Å². The number of hydrogen-bond acceptors (Lipinski definition) is 6. The molecule has 0 aliphatic carbocycles. The first-order valence-electron chi connectivity index (χ1n) is 16.5. The van der Waals surface area contributed by atoms with Gasteiger partial charge in [0.15, 0.2) is 5.76 Å². The third-order valence-electron chi connectivity index (χ3n) is 10.00. The van der Waals surface area contributed by atoms with E-state index in [1.165, 1.54) is 38.4 Å². The fourth-order valence-corrected chi connectivity index (χ4v) is 7.89. The molecule has 0 spiro atoms. The number of sulfonamides is 1. The van der Waals surface area contributed by atoms with Gasteiger partial charge in [-0.05, 0) is 66.9 Å². The van der Waals surface area contributed by atoms with Crippen LogP contribution in [0.1, 0.15) is 27.5 Å². The summed E-state index contributed by atoms with van der Waals surface area (Å²) in [5.74, 6) is -1.46. The van der Waals surface area contributed by atoms with Crippen LogP contribution >= 0.6 is 0 Å². The molecular formula is C38H34F3N5O4S. The van der Waals surface area contributed by atoms with Gasteiger partial charge in [-0.3, -0.25) is 14.0 Å². The molecule has 3 aromatic heterocycles. The van der Waals surface area contributed by atoms with Crippen LogP contribution in [-0.4, -0.2) is 74.9 Å². The maximum absolute atomic E-state index is 15.3. The van der Waals surface area contributed by atoms with Crippen molar-refractivity contribution in [3.8, 4) is 34.0 Å². The number of benzene rings is 3. The average molecular weight is 714 g/mol. The summed E-state index contributed by atoms with van der Waals surface area (Å²) in [5.41, 5.74) is 4.92. The van der Waals surface area contributed by atoms with Crippen molar-refractivity contribution >= 4 is 43.5 Å². The number of anilines is 1. The molecule has 9 nitrogen and oxygen atoms in total. The Morgan fingerprint density at radius 2 is 1.80 bits per heavy atom. The Morgan fingerprint density at radius 1 is 1.02 bits per heavy atom. The van der Waals surface area contributed by atoms with Crippen molar-refractivity contribution in [2.45, 2.75) is 25.6 Å². The van der Waals surface area contributed by atoms with Crippen molar-refractivity contribution in [3.63, 3.8) is 0 Å². The second-order valence-electron chi connectivity index (χ2n) is 13.4. The number of carbonyl (C=O) groups excluding carboxylic acids is 1. The van der Waals surface area contributed by atoms with Crippen molar-refractivity contribution in [1.82, 2.24) is 19.8 Å². The van der Waals surface area contributed by atoms with Crippen molar-refractivity contribution < 1.29 is 30.8 Å². The largest absolute Gasteiger partial charge is 0.455 e. The van der Waals surface area contributed by atoms with E-state index in [1.54, 1.807) is 37.3 Å². The molecule has 1 unspecified atom stereocenters. The zero-order valence-electron chi connectivity index (χ0n) is 28.3. The first kappa shape index (κ1) is 33.0. The van der Waals surface area contributed by atoms with Gasteiger partial charge in [-0.25, -0.2) is 26.6 Å². The zero-order valence-corrected chi connectivity index (χ0v) is 29.1. The van der Waals surface area contributed by atoms with E-state index < -0.39 is 27.9 Å². The first-order valence-corrected chi connectivity index (χ1v) is 18.4. The van der Waals surface area contributed by atoms with Gasteiger partial charge < -0.3 is 14.3 Å². The van der Waals surface area contributed by atoms with E-state index in [0.717, 1.165) is 16.1 Å². The quantitative estimate of drug-likeness (QED) is 0.194. The van der Waals surface area contributed by atoms with Crippen LogP contribution in [0, 0.1) is 18.6 Å². The third-order valence-corrected chi connectivity index (χ3v) is 11.2. The summed E-state index contributed by atoms with van der Waals surface area (Å²) >= 11 is 0. The van der Waals surface area contributed by atoms with Crippen LogP contribution in [0.4, 0.5) is 18.9 Å². The number of fused-ring (bicyclic) bond motifs is 6. The number of pyridine rings is 1. The van der Waals surface area contributed by atoms with Gasteiger partial charge in [0.1, 0.15) is 23.4 Å². The van der Waals surface area contributed by atoms with Crippen molar-refractivity contribution in [1.29, 1.82) is 0 Å². The van der Waals surface area contributed by atoms with Crippen LogP contribution in [0.5, 0.6) is 0 Å². The molecule has 6 aromatic rings. The third kappa shape index (κ3) is 5.46. The lowest BCUT2D eigenvalue weighted by Crippen LogP contribution is -2.50. The highest BCUT2D eigenvalue weighted by Gasteiger charge is 2.34. The maximum atomic E-state index is 15.3. The maximum Gasteiger partial charge on any atom is 0.255 e. The number of rotatable bonds is 7. The van der Waals surface area contributed by atoms with E-state index in [0.29, 0.717) is 70.6 Å². The fraction of sp³-hybridized carbons (Fsp3) is 0.263. The van der Waals surface area contributed by atoms with Crippen molar-refractivity contribution in [3.05, 3.63) is 95.1 Å². The lowest BCUT2D eigenvalue weighted by molar-refractivity contribution is 0.0534. The molecule has 1 N–H and O–H groups in total. The Bertz CT molecular complexity index is 2520. The van der Waals surface area contributed by atoms with Crippen LogP contribution in [0.2, 0.25) is 0 Å². The van der Waals surface area contributed by atoms with Gasteiger partial charge in [-0.2, -0.15) is 0 Å². The number of alkyl halides is 1. The zero-order chi connectivity index (χ0) is 35.9. The summed E-state index contributed by atoms with van der Waals surface area (Å²) in [4.78, 5) is 20.5. The van der Waals surface area contributed by atoms with Crippen LogP contribution in [0.15, 0.2) is 71.1 Å². The molecule has 2 aliphatic heterocycles. The molecule has 0 bridgehead atoms. The summed E-state index contributed by atoms with van der Waals surface area (Å²) < 4.78 is 79.6. The molecule has 0 radical (unpaired) electrons. The summed E-state index contributed by atoms with van der Waals surface area (Å²) in [6.07, 6.45) is 0.779. The number of aryl methyl sites for hydroxylation is 1. The highest BCUT2D eigenvalue weighted by atomic mass is 32.2. The summed E-state index contributed by atoms with van der Waals surface area (Å²) in [6.45, 7) is 3.04. The molecule has 1 saturated heterocycles. The number of furan rings is 1. The van der Waals surface area contributed by atoms with E-state index in [1.807, 2.05) is 17.0 Å². The number of hydrogen-bond donors (Lipinski definition) is 1. The minimum absolute atomic E-state index is 0.00392. The summed E-state index contributed by atoms with van der Waals surface area (Å²) in [5, 5.41) is 3.39. The average Bonchev–Trinajstić information content (AvgIpc) is 3.66. The normalized spacial score (nSPS) is 16.3. The second kappa shape index (κ2) is 12.0. The Hall–Kier alpha value is -5.14. The van der Waals surface area contributed by atoms with Crippen LogP contribution in [-0.2, 0) is 16.4 Å². The molecule has 51 heavy (non-hydrogen) atoms. The lowest BCUT2D eigenvalue weighted by atomic mass is 9.95. The molecule has 8 rings (SSSR count). The van der Waals surface area contributed by atoms with Gasteiger partial charge in [-0.1, -0.05) is 18.2 Å². The van der Waals surface area contributed by atoms with Gasteiger partial charge in [0.25, 0.3) is 5.91 Å². The number of likely N-dealkylation sites (tertiary alicyclic amines) is 1. The monoisotopic (exact) mass is 713 g/mol. The SMILES string of the molecule is CNC(=O)c1c(-c2ccc(C)cc2F)oc2cc(N(C)S(C)(=O)=O)c(-c3ccc4c(n3)-c3cc5c(F)cccc5n3C(CN3CC(F)C3)C4)cc12. The van der Waals surface area contributed by atoms with Crippen molar-refractivity contribution in [2.24, 2.45) is 0 Å². The van der Waals surface area contributed by atoms with E-state index in [-0.39, 0.29) is 40.0 Å². The van der Waals surface area contributed by atoms with E-state index in [2.05, 4.69) is 9.88 Å². The summed E-state index contributed by atoms with van der Waals surface area (Å²) in [6, 6.07) is 18.1. The molecule has 262 valence electrons. The van der Waals surface area contributed by atoms with Crippen molar-refractivity contribution in [2.75, 3.05) is 44.3 Å². The van der Waals surface area contributed by atoms with Gasteiger partial charge in [0.05, 0.1) is 51.7 Å². The van der Waals surface area contributed by atoms with Gasteiger partial charge >= 0.3 is 0 Å². The second-order valence-corrected chi connectivity index (χ2v) is 15.4. The van der Waals surface area contributed by atoms with Crippen LogP contribution in [0.3, 0.4) is 0 Å². The highest BCUT2D eigenvalue weighted by molar-refractivity contribution is 7.92. The lowest BCUT2D eigenvalue weighted by Gasteiger charge is -2.39. The first-order chi connectivity index (χ1) is 24.3. The molecular weight excluding hydrogens is 680 g/mol. The smallest absolute Gasteiger partial charge is 0.255 e. The molecule has 2 aliphatic rings. The minimum atomic E-state index is -3.80. The Labute approximate surface area is 292 Å². The number of halogens is 3. The Balaban J connectivity index is 1.35. The number of carbonyl (C=O) groups is 1. The number of nitrogens with zero attached hydrogens (tertiary/aromatic N) is 4. The Morgan fingerprint density at radius 3 is 2.51 bits per heavy atom. The molecule has 1 amide bonds. The number of amides is 1. The molecule has 1 fully saturated rings. The molecule has 3 aromatic carbocycles. The topological polar surface area (TPSA) is 101 Å². The highest BCUT2D eigenvalue weighted by Crippen LogP contribution is 2.44. The van der Waals surface area contributed by atoms with E-state index >= 15 is 8.78 Å². The predicted molar refractivity (Wildman–Crippen MR) is 191 cm³/mol.